The number of carbonyl (C=O) groups is 2. The molecule has 2 amide bonds. The maximum atomic E-state index is 13.5. The van der Waals surface area contributed by atoms with Crippen LogP contribution in [0, 0.1) is 6.92 Å². The summed E-state index contributed by atoms with van der Waals surface area (Å²) in [5.74, 6) is -0.475. The molecule has 0 aliphatic carbocycles. The molecule has 7 nitrogen and oxygen atoms in total. The van der Waals surface area contributed by atoms with Crippen LogP contribution >= 0.6 is 11.6 Å². The number of aliphatic hydroxyl groups is 1. The lowest BCUT2D eigenvalue weighted by Gasteiger charge is -2.25. The number of likely N-dealkylation sites (N-methyl/N-ethyl adjacent to an activating group) is 1. The molecule has 0 saturated heterocycles. The van der Waals surface area contributed by atoms with Crippen LogP contribution < -0.4 is 5.32 Å². The first kappa shape index (κ1) is 26.4. The molecule has 0 spiro atoms. The molecule has 0 unspecified atom stereocenters. The van der Waals surface area contributed by atoms with Crippen LogP contribution in [0.2, 0.25) is 5.02 Å². The molecule has 192 valence electrons. The summed E-state index contributed by atoms with van der Waals surface area (Å²) >= 11 is 6.49. The molecule has 4 aromatic rings. The van der Waals surface area contributed by atoms with Crippen molar-refractivity contribution in [3.63, 3.8) is 0 Å². The molecule has 0 radical (unpaired) electrons. The number of nitrogens with one attached hydrogen (secondary N) is 1. The Morgan fingerprint density at radius 1 is 1.08 bits per heavy atom. The van der Waals surface area contributed by atoms with Crippen LogP contribution in [-0.2, 0) is 35.5 Å². The van der Waals surface area contributed by atoms with E-state index in [1.54, 1.807) is 24.2 Å². The average Bonchev–Trinajstić information content (AvgIpc) is 3.16. The van der Waals surface area contributed by atoms with E-state index < -0.39 is 6.04 Å². The Kier molecular flexibility index (Phi) is 8.58. The van der Waals surface area contributed by atoms with Gasteiger partial charge in [-0.3, -0.25) is 14.6 Å². The van der Waals surface area contributed by atoms with Crippen LogP contribution in [0.1, 0.15) is 22.5 Å². The summed E-state index contributed by atoms with van der Waals surface area (Å²) in [4.78, 5) is 32.7. The molecule has 2 aromatic heterocycles. The van der Waals surface area contributed by atoms with E-state index in [1.807, 2.05) is 72.2 Å². The van der Waals surface area contributed by atoms with Crippen molar-refractivity contribution in [3.05, 3.63) is 100 Å². The van der Waals surface area contributed by atoms with E-state index in [-0.39, 0.29) is 25.0 Å². The third-order valence-electron chi connectivity index (χ3n) is 6.51. The van der Waals surface area contributed by atoms with Gasteiger partial charge in [-0.1, -0.05) is 54.1 Å². The van der Waals surface area contributed by atoms with Crippen LogP contribution in [0.3, 0.4) is 0 Å². The van der Waals surface area contributed by atoms with Crippen molar-refractivity contribution in [3.8, 4) is 0 Å². The molecule has 4 rings (SSSR count). The van der Waals surface area contributed by atoms with Crippen molar-refractivity contribution in [2.75, 3.05) is 13.7 Å². The van der Waals surface area contributed by atoms with Crippen molar-refractivity contribution >= 4 is 34.3 Å². The summed E-state index contributed by atoms with van der Waals surface area (Å²) < 4.78 is 1.89. The molecule has 2 heterocycles. The Morgan fingerprint density at radius 3 is 2.54 bits per heavy atom. The molecular weight excluding hydrogens is 488 g/mol. The van der Waals surface area contributed by atoms with Crippen LogP contribution in [0.25, 0.3) is 10.9 Å². The van der Waals surface area contributed by atoms with Gasteiger partial charge in [-0.2, -0.15) is 0 Å². The second-order valence-electron chi connectivity index (χ2n) is 9.08. The Balaban J connectivity index is 1.58. The molecule has 1 atom stereocenters. The molecule has 0 fully saturated rings. The Hall–Kier alpha value is -3.68. The lowest BCUT2D eigenvalue weighted by atomic mass is 10.0. The number of aliphatic hydroxyl groups excluding tert-OH is 1. The molecule has 0 aliphatic heterocycles. The molecule has 0 saturated carbocycles. The number of hydrogen-bond donors (Lipinski definition) is 2. The number of hydrogen-bond acceptors (Lipinski definition) is 4. The highest BCUT2D eigenvalue weighted by molar-refractivity contribution is 6.35. The number of pyridine rings is 1. The first-order valence-corrected chi connectivity index (χ1v) is 12.6. The SMILES string of the molecule is Cc1c(CCO)c2c(Cl)cccc2n1CC(=O)N[C@@H](Cc1ccccc1)C(=O)N(C)Cc1ccccn1. The van der Waals surface area contributed by atoms with Crippen LogP contribution in [-0.4, -0.2) is 51.1 Å². The zero-order chi connectivity index (χ0) is 26.4. The molecule has 8 heteroatoms. The second kappa shape index (κ2) is 12.0. The summed E-state index contributed by atoms with van der Waals surface area (Å²) in [6.07, 6.45) is 2.50. The Labute approximate surface area is 221 Å². The summed E-state index contributed by atoms with van der Waals surface area (Å²) in [5, 5.41) is 14.0. The van der Waals surface area contributed by atoms with E-state index in [1.165, 1.54) is 0 Å². The topological polar surface area (TPSA) is 87.5 Å². The minimum absolute atomic E-state index is 0.0202. The fraction of sp³-hybridized carbons (Fsp3) is 0.276. The van der Waals surface area contributed by atoms with Gasteiger partial charge in [-0.15, -0.1) is 0 Å². The molecule has 37 heavy (non-hydrogen) atoms. The number of fused-ring (bicyclic) bond motifs is 1. The summed E-state index contributed by atoms with van der Waals surface area (Å²) in [5.41, 5.74) is 4.33. The minimum atomic E-state index is -0.744. The van der Waals surface area contributed by atoms with Gasteiger partial charge in [0, 0.05) is 37.4 Å². The molecule has 2 aromatic carbocycles. The van der Waals surface area contributed by atoms with Gasteiger partial charge in [0.15, 0.2) is 0 Å². The van der Waals surface area contributed by atoms with Crippen molar-refractivity contribution in [1.82, 2.24) is 19.8 Å². The number of halogens is 1. The second-order valence-corrected chi connectivity index (χ2v) is 9.49. The predicted molar refractivity (Wildman–Crippen MR) is 145 cm³/mol. The smallest absolute Gasteiger partial charge is 0.245 e. The van der Waals surface area contributed by atoms with Crippen molar-refractivity contribution in [1.29, 1.82) is 0 Å². The van der Waals surface area contributed by atoms with E-state index >= 15 is 0 Å². The number of carbonyl (C=O) groups excluding carboxylic acids is 2. The van der Waals surface area contributed by atoms with Gasteiger partial charge < -0.3 is 19.9 Å². The zero-order valence-electron chi connectivity index (χ0n) is 21.0. The van der Waals surface area contributed by atoms with Crippen LogP contribution in [0.5, 0.6) is 0 Å². The van der Waals surface area contributed by atoms with Gasteiger partial charge in [0.05, 0.1) is 22.8 Å². The number of nitrogens with zero attached hydrogens (tertiary/aromatic N) is 3. The van der Waals surface area contributed by atoms with Crippen molar-refractivity contribution < 1.29 is 14.7 Å². The van der Waals surface area contributed by atoms with Crippen LogP contribution in [0.15, 0.2) is 72.9 Å². The largest absolute Gasteiger partial charge is 0.396 e. The van der Waals surface area contributed by atoms with Crippen LogP contribution in [0.4, 0.5) is 0 Å². The van der Waals surface area contributed by atoms with E-state index in [2.05, 4.69) is 10.3 Å². The quantitative estimate of drug-likeness (QED) is 0.333. The van der Waals surface area contributed by atoms with Gasteiger partial charge in [-0.25, -0.2) is 0 Å². The van der Waals surface area contributed by atoms with Gasteiger partial charge >= 0.3 is 0 Å². The standard InChI is InChI=1S/C29H31ClN4O3/c1-20-23(14-16-35)28-24(30)12-8-13-26(28)34(20)19-27(36)32-25(17-21-9-4-3-5-10-21)29(37)33(2)18-22-11-6-7-15-31-22/h3-13,15,25,35H,14,16-19H2,1-2H3,(H,32,36)/t25-/m0/s1. The molecule has 2 N–H and O–H groups in total. The highest BCUT2D eigenvalue weighted by Crippen LogP contribution is 2.32. The van der Waals surface area contributed by atoms with E-state index in [4.69, 9.17) is 11.6 Å². The summed E-state index contributed by atoms with van der Waals surface area (Å²) in [6, 6.07) is 20.0. The normalized spacial score (nSPS) is 11.9. The van der Waals surface area contributed by atoms with Gasteiger partial charge in [0.1, 0.15) is 12.6 Å². The van der Waals surface area contributed by atoms with Gasteiger partial charge in [0.2, 0.25) is 11.8 Å². The maximum absolute atomic E-state index is 13.5. The Bertz CT molecular complexity index is 1370. The summed E-state index contributed by atoms with van der Waals surface area (Å²) in [6.45, 7) is 2.26. The highest BCUT2D eigenvalue weighted by atomic mass is 35.5. The molecular formula is C29H31ClN4O3. The number of rotatable bonds is 10. The third kappa shape index (κ3) is 6.18. The van der Waals surface area contributed by atoms with Gasteiger partial charge in [-0.05, 0) is 48.7 Å². The first-order valence-electron chi connectivity index (χ1n) is 12.2. The van der Waals surface area contributed by atoms with E-state index in [9.17, 15) is 14.7 Å². The average molecular weight is 519 g/mol. The zero-order valence-corrected chi connectivity index (χ0v) is 21.8. The van der Waals surface area contributed by atoms with Gasteiger partial charge in [0.25, 0.3) is 0 Å². The minimum Gasteiger partial charge on any atom is -0.396 e. The van der Waals surface area contributed by atoms with Crippen molar-refractivity contribution in [2.24, 2.45) is 0 Å². The van der Waals surface area contributed by atoms with E-state index in [0.717, 1.165) is 33.4 Å². The number of benzene rings is 2. The number of aromatic nitrogens is 2. The monoisotopic (exact) mass is 518 g/mol. The van der Waals surface area contributed by atoms with Crippen molar-refractivity contribution in [2.45, 2.75) is 38.9 Å². The first-order chi connectivity index (χ1) is 17.9. The summed E-state index contributed by atoms with van der Waals surface area (Å²) in [7, 11) is 1.72. The molecule has 0 aliphatic rings. The predicted octanol–water partition coefficient (Wildman–Crippen LogP) is 3.92. The fourth-order valence-corrected chi connectivity index (χ4v) is 4.98. The Morgan fingerprint density at radius 2 is 1.84 bits per heavy atom. The lowest BCUT2D eigenvalue weighted by Crippen LogP contribution is -2.49. The fourth-order valence-electron chi connectivity index (χ4n) is 4.69. The molecule has 0 bridgehead atoms. The maximum Gasteiger partial charge on any atom is 0.245 e. The highest BCUT2D eigenvalue weighted by Gasteiger charge is 2.26. The third-order valence-corrected chi connectivity index (χ3v) is 6.82. The van der Waals surface area contributed by atoms with E-state index in [0.29, 0.717) is 24.4 Å². The lowest BCUT2D eigenvalue weighted by molar-refractivity contribution is -0.136. The number of amides is 2.